The van der Waals surface area contributed by atoms with Crippen molar-refractivity contribution in [2.75, 3.05) is 13.7 Å². The van der Waals surface area contributed by atoms with Crippen LogP contribution in [0.2, 0.25) is 0 Å². The summed E-state index contributed by atoms with van der Waals surface area (Å²) in [5, 5.41) is 0. The van der Waals surface area contributed by atoms with E-state index in [1.807, 2.05) is 6.07 Å². The first kappa shape index (κ1) is 19.4. The van der Waals surface area contributed by atoms with E-state index in [-0.39, 0.29) is 17.9 Å². The summed E-state index contributed by atoms with van der Waals surface area (Å²) in [6.45, 7) is -0.384. The van der Waals surface area contributed by atoms with Crippen LogP contribution in [0.15, 0.2) is 78.9 Å². The first-order chi connectivity index (χ1) is 14.6. The molecule has 0 saturated heterocycles. The summed E-state index contributed by atoms with van der Waals surface area (Å²) in [5.74, 6) is -0.574. The van der Waals surface area contributed by atoms with Gasteiger partial charge < -0.3 is 9.47 Å². The van der Waals surface area contributed by atoms with Crippen molar-refractivity contribution < 1.29 is 23.9 Å². The zero-order valence-corrected chi connectivity index (χ0v) is 16.3. The molecule has 3 aromatic rings. The summed E-state index contributed by atoms with van der Waals surface area (Å²) >= 11 is 0. The molecule has 1 aliphatic rings. The number of ketones is 1. The minimum atomic E-state index is -1.03. The molecule has 4 rings (SSSR count). The van der Waals surface area contributed by atoms with E-state index in [2.05, 4.69) is 0 Å². The number of benzene rings is 3. The zero-order valence-electron chi connectivity index (χ0n) is 16.3. The van der Waals surface area contributed by atoms with Gasteiger partial charge in [0.1, 0.15) is 11.5 Å². The third-order valence-corrected chi connectivity index (χ3v) is 4.91. The Labute approximate surface area is 173 Å². The SMILES string of the molecule is COc1ccc(C(=O)CN2C(=O)c3ccccc3O[C@H](c3ccccc3)C2=O)cc1. The predicted molar refractivity (Wildman–Crippen MR) is 110 cm³/mol. The molecule has 0 unspecified atom stereocenters. The number of imide groups is 1. The number of hydrogen-bond donors (Lipinski definition) is 0. The fourth-order valence-corrected chi connectivity index (χ4v) is 3.31. The van der Waals surface area contributed by atoms with Gasteiger partial charge in [-0.3, -0.25) is 19.3 Å². The molecule has 0 saturated carbocycles. The molecular formula is C24H19NO5. The molecule has 0 fully saturated rings. The Balaban J connectivity index is 1.70. The van der Waals surface area contributed by atoms with Crippen molar-refractivity contribution in [3.8, 4) is 11.5 Å². The van der Waals surface area contributed by atoms with E-state index in [0.717, 1.165) is 4.90 Å². The molecule has 2 amide bonds. The maximum atomic E-state index is 13.3. The van der Waals surface area contributed by atoms with E-state index in [9.17, 15) is 14.4 Å². The molecule has 0 aromatic heterocycles. The van der Waals surface area contributed by atoms with Crippen LogP contribution in [0.1, 0.15) is 32.4 Å². The lowest BCUT2D eigenvalue weighted by atomic mass is 10.1. The van der Waals surface area contributed by atoms with Crippen LogP contribution in [-0.2, 0) is 4.79 Å². The number of hydrogen-bond acceptors (Lipinski definition) is 5. The third kappa shape index (κ3) is 3.67. The van der Waals surface area contributed by atoms with Gasteiger partial charge in [-0.05, 0) is 36.4 Å². The summed E-state index contributed by atoms with van der Waals surface area (Å²) in [7, 11) is 1.53. The van der Waals surface area contributed by atoms with Crippen LogP contribution in [0.5, 0.6) is 11.5 Å². The smallest absolute Gasteiger partial charge is 0.275 e. The Hall–Kier alpha value is -3.93. The Bertz CT molecular complexity index is 1090. The number of ether oxygens (including phenoxy) is 2. The van der Waals surface area contributed by atoms with Crippen LogP contribution in [0.4, 0.5) is 0 Å². The number of methoxy groups -OCH3 is 1. The van der Waals surface area contributed by atoms with Gasteiger partial charge in [-0.25, -0.2) is 0 Å². The quantitative estimate of drug-likeness (QED) is 0.482. The normalized spacial score (nSPS) is 15.8. The van der Waals surface area contributed by atoms with Gasteiger partial charge in [-0.15, -0.1) is 0 Å². The van der Waals surface area contributed by atoms with Crippen LogP contribution in [0.3, 0.4) is 0 Å². The van der Waals surface area contributed by atoms with E-state index in [0.29, 0.717) is 22.6 Å². The summed E-state index contributed by atoms with van der Waals surface area (Å²) in [6.07, 6.45) is -1.03. The van der Waals surface area contributed by atoms with Crippen molar-refractivity contribution in [1.29, 1.82) is 0 Å². The molecular weight excluding hydrogens is 382 g/mol. The highest BCUT2D eigenvalue weighted by atomic mass is 16.5. The fourth-order valence-electron chi connectivity index (χ4n) is 3.31. The van der Waals surface area contributed by atoms with Gasteiger partial charge in [0.05, 0.1) is 19.2 Å². The number of fused-ring (bicyclic) bond motifs is 1. The van der Waals surface area contributed by atoms with Crippen LogP contribution < -0.4 is 9.47 Å². The molecule has 0 spiro atoms. The van der Waals surface area contributed by atoms with Crippen LogP contribution in [-0.4, -0.2) is 36.2 Å². The number of carbonyl (C=O) groups excluding carboxylic acids is 3. The zero-order chi connectivity index (χ0) is 21.1. The number of Topliss-reactive ketones (excluding diaryl/α,β-unsaturated/α-hetero) is 1. The number of rotatable bonds is 5. The second-order valence-electron chi connectivity index (χ2n) is 6.79. The molecule has 1 heterocycles. The predicted octanol–water partition coefficient (Wildman–Crippen LogP) is 3.68. The van der Waals surface area contributed by atoms with Crippen LogP contribution in [0.25, 0.3) is 0 Å². The Kier molecular flexibility index (Phi) is 5.30. The van der Waals surface area contributed by atoms with Gasteiger partial charge in [0, 0.05) is 11.1 Å². The maximum absolute atomic E-state index is 13.3. The summed E-state index contributed by atoms with van der Waals surface area (Å²) < 4.78 is 11.0. The van der Waals surface area contributed by atoms with E-state index in [1.165, 1.54) is 7.11 Å². The second-order valence-corrected chi connectivity index (χ2v) is 6.79. The van der Waals surface area contributed by atoms with Crippen molar-refractivity contribution in [2.45, 2.75) is 6.10 Å². The Morgan fingerprint density at radius 3 is 2.30 bits per heavy atom. The third-order valence-electron chi connectivity index (χ3n) is 4.91. The van der Waals surface area contributed by atoms with Gasteiger partial charge in [0.2, 0.25) is 6.10 Å². The summed E-state index contributed by atoms with van der Waals surface area (Å²) in [5.41, 5.74) is 1.23. The minimum Gasteiger partial charge on any atom is -0.497 e. The Morgan fingerprint density at radius 1 is 0.933 bits per heavy atom. The molecule has 150 valence electrons. The van der Waals surface area contributed by atoms with Crippen molar-refractivity contribution in [3.05, 3.63) is 95.6 Å². The summed E-state index contributed by atoms with van der Waals surface area (Å²) in [6, 6.07) is 22.1. The molecule has 1 aliphatic heterocycles. The van der Waals surface area contributed by atoms with E-state index in [1.54, 1.807) is 72.8 Å². The number of nitrogens with zero attached hydrogens (tertiary/aromatic N) is 1. The van der Waals surface area contributed by atoms with Crippen LogP contribution >= 0.6 is 0 Å². The van der Waals surface area contributed by atoms with Gasteiger partial charge >= 0.3 is 0 Å². The van der Waals surface area contributed by atoms with Crippen LogP contribution in [0, 0.1) is 0 Å². The topological polar surface area (TPSA) is 72.9 Å². The van der Waals surface area contributed by atoms with E-state index >= 15 is 0 Å². The number of carbonyl (C=O) groups is 3. The van der Waals surface area contributed by atoms with Crippen molar-refractivity contribution in [3.63, 3.8) is 0 Å². The molecule has 0 radical (unpaired) electrons. The highest BCUT2D eigenvalue weighted by Gasteiger charge is 2.38. The molecule has 30 heavy (non-hydrogen) atoms. The maximum Gasteiger partial charge on any atom is 0.275 e. The molecule has 6 heteroatoms. The average molecular weight is 401 g/mol. The average Bonchev–Trinajstić information content (AvgIpc) is 2.90. The molecule has 0 N–H and O–H groups in total. The summed E-state index contributed by atoms with van der Waals surface area (Å²) in [4.78, 5) is 40.3. The minimum absolute atomic E-state index is 0.242. The second kappa shape index (κ2) is 8.21. The molecule has 3 aromatic carbocycles. The molecule has 0 bridgehead atoms. The monoisotopic (exact) mass is 401 g/mol. The van der Waals surface area contributed by atoms with Crippen molar-refractivity contribution in [2.24, 2.45) is 0 Å². The highest BCUT2D eigenvalue weighted by molar-refractivity contribution is 6.12. The number of amides is 2. The van der Waals surface area contributed by atoms with Gasteiger partial charge in [-0.2, -0.15) is 0 Å². The first-order valence-electron chi connectivity index (χ1n) is 9.42. The lowest BCUT2D eigenvalue weighted by molar-refractivity contribution is -0.135. The number of para-hydroxylation sites is 1. The first-order valence-corrected chi connectivity index (χ1v) is 9.42. The molecule has 1 atom stereocenters. The van der Waals surface area contributed by atoms with Gasteiger partial charge in [0.15, 0.2) is 5.78 Å². The lowest BCUT2D eigenvalue weighted by Crippen LogP contribution is -2.42. The van der Waals surface area contributed by atoms with E-state index in [4.69, 9.17) is 9.47 Å². The van der Waals surface area contributed by atoms with E-state index < -0.39 is 17.9 Å². The van der Waals surface area contributed by atoms with Gasteiger partial charge in [-0.1, -0.05) is 42.5 Å². The van der Waals surface area contributed by atoms with Gasteiger partial charge in [0.25, 0.3) is 11.8 Å². The highest BCUT2D eigenvalue weighted by Crippen LogP contribution is 2.32. The molecule has 6 nitrogen and oxygen atoms in total. The van der Waals surface area contributed by atoms with Crippen molar-refractivity contribution >= 4 is 17.6 Å². The fraction of sp³-hybridized carbons (Fsp3) is 0.125. The largest absolute Gasteiger partial charge is 0.497 e. The van der Waals surface area contributed by atoms with Crippen molar-refractivity contribution in [1.82, 2.24) is 4.90 Å². The molecule has 0 aliphatic carbocycles. The Morgan fingerprint density at radius 2 is 1.60 bits per heavy atom. The lowest BCUT2D eigenvalue weighted by Gasteiger charge is -2.22. The standard InChI is InChI=1S/C24H19NO5/c1-29-18-13-11-16(12-14-18)20(26)15-25-23(27)19-9-5-6-10-21(19)30-22(24(25)28)17-7-3-2-4-8-17/h2-14,22H,15H2,1H3/t22-/m1/s1.